The molecule has 0 N–H and O–H groups in total. The van der Waals surface area contributed by atoms with Gasteiger partial charge in [0.15, 0.2) is 6.29 Å². The highest BCUT2D eigenvalue weighted by atomic mass is 16.6. The highest BCUT2D eigenvalue weighted by Gasteiger charge is 2.16. The van der Waals surface area contributed by atoms with Gasteiger partial charge in [-0.05, 0) is 57.0 Å². The van der Waals surface area contributed by atoms with Gasteiger partial charge in [-0.1, -0.05) is 24.3 Å². The third-order valence-electron chi connectivity index (χ3n) is 3.57. The first-order valence-corrected chi connectivity index (χ1v) is 8.95. The molecule has 27 heavy (non-hydrogen) atoms. The molecular formula is C22H26O5. The van der Waals surface area contributed by atoms with Crippen LogP contribution >= 0.6 is 0 Å². The van der Waals surface area contributed by atoms with Gasteiger partial charge in [0.25, 0.3) is 0 Å². The topological polar surface area (TPSA) is 61.8 Å². The fourth-order valence-corrected chi connectivity index (χ4v) is 2.54. The van der Waals surface area contributed by atoms with E-state index in [0.29, 0.717) is 30.3 Å². The summed E-state index contributed by atoms with van der Waals surface area (Å²) < 4.78 is 16.5. The maximum atomic E-state index is 12.0. The molecule has 0 radical (unpaired) electrons. The van der Waals surface area contributed by atoms with Crippen molar-refractivity contribution in [1.82, 2.24) is 0 Å². The highest BCUT2D eigenvalue weighted by Crippen LogP contribution is 2.24. The number of aldehydes is 1. The van der Waals surface area contributed by atoms with Crippen molar-refractivity contribution in [3.8, 4) is 11.5 Å². The zero-order valence-corrected chi connectivity index (χ0v) is 16.3. The molecule has 2 aromatic rings. The maximum absolute atomic E-state index is 12.0. The average molecular weight is 370 g/mol. The van der Waals surface area contributed by atoms with Crippen LogP contribution in [0.2, 0.25) is 0 Å². The van der Waals surface area contributed by atoms with Gasteiger partial charge < -0.3 is 14.2 Å². The molecule has 0 spiro atoms. The van der Waals surface area contributed by atoms with Crippen LogP contribution in [0.5, 0.6) is 11.5 Å². The van der Waals surface area contributed by atoms with Gasteiger partial charge in [-0.3, -0.25) is 9.59 Å². The molecule has 144 valence electrons. The van der Waals surface area contributed by atoms with Crippen LogP contribution in [0.1, 0.15) is 49.2 Å². The van der Waals surface area contributed by atoms with E-state index in [0.717, 1.165) is 17.4 Å². The van der Waals surface area contributed by atoms with Gasteiger partial charge in [-0.15, -0.1) is 0 Å². The van der Waals surface area contributed by atoms with E-state index in [-0.39, 0.29) is 12.4 Å². The molecule has 2 rings (SSSR count). The van der Waals surface area contributed by atoms with Crippen LogP contribution in [0, 0.1) is 0 Å². The Morgan fingerprint density at radius 3 is 2.44 bits per heavy atom. The molecule has 0 heterocycles. The summed E-state index contributed by atoms with van der Waals surface area (Å²) in [4.78, 5) is 23.2. The molecule has 0 aliphatic rings. The van der Waals surface area contributed by atoms with Gasteiger partial charge >= 0.3 is 5.97 Å². The second-order valence-electron chi connectivity index (χ2n) is 7.12. The van der Waals surface area contributed by atoms with E-state index in [2.05, 4.69) is 0 Å². The van der Waals surface area contributed by atoms with Crippen molar-refractivity contribution in [2.75, 3.05) is 6.61 Å². The van der Waals surface area contributed by atoms with E-state index in [1.54, 1.807) is 18.2 Å². The Hall–Kier alpha value is -2.82. The van der Waals surface area contributed by atoms with E-state index in [4.69, 9.17) is 14.2 Å². The predicted molar refractivity (Wildman–Crippen MR) is 103 cm³/mol. The lowest BCUT2D eigenvalue weighted by molar-refractivity contribution is -0.153. The van der Waals surface area contributed by atoms with Gasteiger partial charge in [0.05, 0.1) is 18.6 Å². The van der Waals surface area contributed by atoms with Crippen LogP contribution in [0.4, 0.5) is 0 Å². The number of carbonyl (C=O) groups excluding carboxylic acids is 2. The molecule has 0 fully saturated rings. The Bertz CT molecular complexity index is 790. The Kier molecular flexibility index (Phi) is 6.99. The van der Waals surface area contributed by atoms with Gasteiger partial charge in [-0.25, -0.2) is 0 Å². The van der Waals surface area contributed by atoms with Gasteiger partial charge in [-0.2, -0.15) is 0 Å². The Morgan fingerprint density at radius 2 is 1.78 bits per heavy atom. The van der Waals surface area contributed by atoms with E-state index in [1.807, 2.05) is 52.0 Å². The zero-order chi connectivity index (χ0) is 19.9. The monoisotopic (exact) mass is 370 g/mol. The molecule has 0 aliphatic heterocycles. The summed E-state index contributed by atoms with van der Waals surface area (Å²) in [5.41, 5.74) is 1.75. The number of hydrogen-bond acceptors (Lipinski definition) is 5. The molecule has 5 nitrogen and oxygen atoms in total. The number of hydrogen-bond donors (Lipinski definition) is 0. The van der Waals surface area contributed by atoms with Crippen LogP contribution in [0.3, 0.4) is 0 Å². The third-order valence-corrected chi connectivity index (χ3v) is 3.57. The van der Waals surface area contributed by atoms with Gasteiger partial charge in [0.1, 0.15) is 23.7 Å². The summed E-state index contributed by atoms with van der Waals surface area (Å²) in [7, 11) is 0. The number of benzene rings is 2. The number of ether oxygens (including phenoxy) is 3. The van der Waals surface area contributed by atoms with E-state index in [9.17, 15) is 9.59 Å². The lowest BCUT2D eigenvalue weighted by Crippen LogP contribution is -2.24. The molecule has 0 amide bonds. The second kappa shape index (κ2) is 9.21. The minimum Gasteiger partial charge on any atom is -0.493 e. The lowest BCUT2D eigenvalue weighted by atomic mass is 10.1. The van der Waals surface area contributed by atoms with Crippen LogP contribution in [-0.2, 0) is 22.6 Å². The summed E-state index contributed by atoms with van der Waals surface area (Å²) in [5.74, 6) is 0.861. The van der Waals surface area contributed by atoms with E-state index in [1.165, 1.54) is 0 Å². The maximum Gasteiger partial charge on any atom is 0.310 e. The first-order valence-electron chi connectivity index (χ1n) is 8.95. The third kappa shape index (κ3) is 6.77. The van der Waals surface area contributed by atoms with E-state index < -0.39 is 5.60 Å². The highest BCUT2D eigenvalue weighted by molar-refractivity contribution is 5.80. The van der Waals surface area contributed by atoms with Crippen molar-refractivity contribution in [3.63, 3.8) is 0 Å². The van der Waals surface area contributed by atoms with E-state index >= 15 is 0 Å². The SMILES string of the molecule is CCOc1ccc(OCc2cccc(CC(=O)OC(C)(C)C)c2)cc1C=O. The Morgan fingerprint density at radius 1 is 1.04 bits per heavy atom. The van der Waals surface area contributed by atoms with Gasteiger partial charge in [0.2, 0.25) is 0 Å². The smallest absolute Gasteiger partial charge is 0.310 e. The van der Waals surface area contributed by atoms with Crippen molar-refractivity contribution in [1.29, 1.82) is 0 Å². The van der Waals surface area contributed by atoms with Crippen LogP contribution in [-0.4, -0.2) is 24.5 Å². The summed E-state index contributed by atoms with van der Waals surface area (Å²) in [6.07, 6.45) is 0.961. The fourth-order valence-electron chi connectivity index (χ4n) is 2.54. The molecular weight excluding hydrogens is 344 g/mol. The van der Waals surface area contributed by atoms with Crippen molar-refractivity contribution >= 4 is 12.3 Å². The number of esters is 1. The van der Waals surface area contributed by atoms with Crippen molar-refractivity contribution in [2.45, 2.75) is 46.3 Å². The molecule has 0 saturated carbocycles. The average Bonchev–Trinajstić information content (AvgIpc) is 2.59. The number of rotatable bonds is 8. The quantitative estimate of drug-likeness (QED) is 0.510. The molecule has 5 heteroatoms. The molecule has 0 aliphatic carbocycles. The van der Waals surface area contributed by atoms with Crippen molar-refractivity contribution < 1.29 is 23.8 Å². The molecule has 0 aromatic heterocycles. The lowest BCUT2D eigenvalue weighted by Gasteiger charge is -2.19. The Labute approximate surface area is 160 Å². The van der Waals surface area contributed by atoms with Crippen LogP contribution < -0.4 is 9.47 Å². The normalized spacial score (nSPS) is 11.0. The standard InChI is InChI=1S/C22H26O5/c1-5-25-20-10-9-19(13-18(20)14-23)26-15-17-8-6-7-16(11-17)12-21(24)27-22(2,3)4/h6-11,13-14H,5,12,15H2,1-4H3. The molecule has 0 saturated heterocycles. The zero-order valence-electron chi connectivity index (χ0n) is 16.3. The minimum atomic E-state index is -0.498. The van der Waals surface area contributed by atoms with Crippen molar-refractivity contribution in [2.24, 2.45) is 0 Å². The predicted octanol–water partition coefficient (Wildman–Crippen LogP) is 4.36. The van der Waals surface area contributed by atoms with Crippen LogP contribution in [0.15, 0.2) is 42.5 Å². The largest absolute Gasteiger partial charge is 0.493 e. The van der Waals surface area contributed by atoms with Gasteiger partial charge in [0, 0.05) is 0 Å². The fraction of sp³-hybridized carbons (Fsp3) is 0.364. The Balaban J connectivity index is 2.00. The summed E-state index contributed by atoms with van der Waals surface area (Å²) >= 11 is 0. The first kappa shape index (κ1) is 20.5. The number of carbonyl (C=O) groups is 2. The first-order chi connectivity index (χ1) is 12.8. The summed E-state index contributed by atoms with van der Waals surface area (Å²) in [6, 6.07) is 12.8. The van der Waals surface area contributed by atoms with Crippen molar-refractivity contribution in [3.05, 3.63) is 59.2 Å². The molecule has 0 unspecified atom stereocenters. The van der Waals surface area contributed by atoms with Crippen LogP contribution in [0.25, 0.3) is 0 Å². The second-order valence-corrected chi connectivity index (χ2v) is 7.12. The molecule has 0 bridgehead atoms. The summed E-state index contributed by atoms with van der Waals surface area (Å²) in [6.45, 7) is 8.22. The minimum absolute atomic E-state index is 0.212. The molecule has 0 atom stereocenters. The molecule has 2 aromatic carbocycles. The summed E-state index contributed by atoms with van der Waals surface area (Å²) in [5, 5.41) is 0.